The topological polar surface area (TPSA) is 29.5 Å². The molecule has 0 rings (SSSR count). The molecule has 0 aromatic heterocycles. The SMILES string of the molecule is CCCCC/C=C\C/C=C\CCCCCCCCC(C)OC(=O)CCCN(C)CC. The summed E-state index contributed by atoms with van der Waals surface area (Å²) < 4.78 is 5.52. The highest BCUT2D eigenvalue weighted by atomic mass is 16.5. The fourth-order valence-electron chi connectivity index (χ4n) is 3.41. The molecule has 0 heterocycles. The number of carbonyl (C=O) groups excluding carboxylic acids is 1. The van der Waals surface area contributed by atoms with Crippen molar-refractivity contribution in [3.05, 3.63) is 24.3 Å². The Morgan fingerprint density at radius 1 is 0.833 bits per heavy atom. The molecule has 0 aromatic rings. The standard InChI is InChI=1S/C27H51NO2/c1-5-7-8-9-10-11-12-13-14-15-16-17-18-19-20-21-23-26(3)30-27(29)24-22-25-28(4)6-2/h10-11,13-14,26H,5-9,12,15-25H2,1-4H3/b11-10-,14-13-. The molecule has 0 saturated carbocycles. The van der Waals surface area contributed by atoms with Crippen molar-refractivity contribution >= 4 is 5.97 Å². The third-order valence-corrected chi connectivity index (χ3v) is 5.60. The van der Waals surface area contributed by atoms with Gasteiger partial charge in [-0.1, -0.05) is 76.7 Å². The molecule has 1 unspecified atom stereocenters. The summed E-state index contributed by atoms with van der Waals surface area (Å²) >= 11 is 0. The minimum Gasteiger partial charge on any atom is -0.463 e. The van der Waals surface area contributed by atoms with E-state index < -0.39 is 0 Å². The smallest absolute Gasteiger partial charge is 0.306 e. The second kappa shape index (κ2) is 22.6. The number of unbranched alkanes of at least 4 members (excludes halogenated alkanes) is 9. The van der Waals surface area contributed by atoms with Gasteiger partial charge in [0.15, 0.2) is 0 Å². The Balaban J connectivity index is 3.40. The molecule has 0 amide bonds. The summed E-state index contributed by atoms with van der Waals surface area (Å²) in [5, 5.41) is 0. The molecular formula is C27H51NO2. The van der Waals surface area contributed by atoms with Crippen molar-refractivity contribution in [2.24, 2.45) is 0 Å². The van der Waals surface area contributed by atoms with Gasteiger partial charge in [0.2, 0.25) is 0 Å². The first kappa shape index (κ1) is 28.9. The second-order valence-corrected chi connectivity index (χ2v) is 8.67. The molecule has 0 aromatic carbocycles. The van der Waals surface area contributed by atoms with Gasteiger partial charge >= 0.3 is 5.97 Å². The highest BCUT2D eigenvalue weighted by Gasteiger charge is 2.09. The zero-order valence-corrected chi connectivity index (χ0v) is 20.7. The van der Waals surface area contributed by atoms with E-state index in [0.717, 1.165) is 38.8 Å². The molecule has 30 heavy (non-hydrogen) atoms. The van der Waals surface area contributed by atoms with Crippen LogP contribution in [0.25, 0.3) is 0 Å². The van der Waals surface area contributed by atoms with Gasteiger partial charge in [0.25, 0.3) is 0 Å². The molecule has 0 radical (unpaired) electrons. The van der Waals surface area contributed by atoms with E-state index in [4.69, 9.17) is 4.74 Å². The Bertz CT molecular complexity index is 431. The predicted octanol–water partition coefficient (Wildman–Crippen LogP) is 7.85. The van der Waals surface area contributed by atoms with Gasteiger partial charge in [-0.25, -0.2) is 0 Å². The normalized spacial score (nSPS) is 13.0. The number of ether oxygens (including phenoxy) is 1. The van der Waals surface area contributed by atoms with Gasteiger partial charge in [0, 0.05) is 6.42 Å². The first-order chi connectivity index (χ1) is 14.6. The summed E-state index contributed by atoms with van der Waals surface area (Å²) in [4.78, 5) is 14.1. The van der Waals surface area contributed by atoms with Crippen LogP contribution in [0, 0.1) is 0 Å². The summed E-state index contributed by atoms with van der Waals surface area (Å²) in [6.45, 7) is 8.41. The summed E-state index contributed by atoms with van der Waals surface area (Å²) in [6, 6.07) is 0. The third kappa shape index (κ3) is 21.6. The quantitative estimate of drug-likeness (QED) is 0.107. The average Bonchev–Trinajstić information content (AvgIpc) is 2.73. The number of hydrogen-bond acceptors (Lipinski definition) is 3. The highest BCUT2D eigenvalue weighted by molar-refractivity contribution is 5.69. The van der Waals surface area contributed by atoms with Crippen molar-refractivity contribution in [1.82, 2.24) is 4.90 Å². The lowest BCUT2D eigenvalue weighted by Gasteiger charge is -2.15. The summed E-state index contributed by atoms with van der Waals surface area (Å²) in [5.41, 5.74) is 0. The number of allylic oxidation sites excluding steroid dienone is 4. The summed E-state index contributed by atoms with van der Waals surface area (Å²) in [6.07, 6.45) is 27.0. The van der Waals surface area contributed by atoms with Gasteiger partial charge in [-0.2, -0.15) is 0 Å². The zero-order chi connectivity index (χ0) is 22.3. The van der Waals surface area contributed by atoms with Crippen molar-refractivity contribution in [3.63, 3.8) is 0 Å². The van der Waals surface area contributed by atoms with Gasteiger partial charge in [-0.15, -0.1) is 0 Å². The Hall–Kier alpha value is -1.09. The predicted molar refractivity (Wildman–Crippen MR) is 132 cm³/mol. The first-order valence-electron chi connectivity index (χ1n) is 12.8. The number of nitrogens with zero attached hydrogens (tertiary/aromatic N) is 1. The molecule has 0 aliphatic rings. The molecule has 3 nitrogen and oxygen atoms in total. The Labute approximate surface area is 188 Å². The van der Waals surface area contributed by atoms with Crippen molar-refractivity contribution in [2.75, 3.05) is 20.1 Å². The van der Waals surface area contributed by atoms with Gasteiger partial charge in [0.05, 0.1) is 6.10 Å². The van der Waals surface area contributed by atoms with Crippen molar-refractivity contribution in [1.29, 1.82) is 0 Å². The second-order valence-electron chi connectivity index (χ2n) is 8.67. The van der Waals surface area contributed by atoms with Gasteiger partial charge in [-0.05, 0) is 78.4 Å². The van der Waals surface area contributed by atoms with E-state index in [9.17, 15) is 4.79 Å². The molecule has 0 aliphatic heterocycles. The number of rotatable bonds is 21. The maximum absolute atomic E-state index is 11.8. The van der Waals surface area contributed by atoms with Crippen LogP contribution >= 0.6 is 0 Å². The Morgan fingerprint density at radius 3 is 2.07 bits per heavy atom. The van der Waals surface area contributed by atoms with Gasteiger partial charge in [0.1, 0.15) is 0 Å². The van der Waals surface area contributed by atoms with Crippen LogP contribution in [0.15, 0.2) is 24.3 Å². The van der Waals surface area contributed by atoms with E-state index in [1.165, 1.54) is 64.2 Å². The van der Waals surface area contributed by atoms with Crippen LogP contribution in [-0.2, 0) is 9.53 Å². The first-order valence-corrected chi connectivity index (χ1v) is 12.8. The summed E-state index contributed by atoms with van der Waals surface area (Å²) in [7, 11) is 2.08. The number of hydrogen-bond donors (Lipinski definition) is 0. The maximum Gasteiger partial charge on any atom is 0.306 e. The van der Waals surface area contributed by atoms with E-state index in [1.54, 1.807) is 0 Å². The lowest BCUT2D eigenvalue weighted by atomic mass is 10.1. The molecule has 1 atom stereocenters. The van der Waals surface area contributed by atoms with Crippen molar-refractivity contribution in [3.8, 4) is 0 Å². The Kier molecular flexibility index (Phi) is 21.8. The van der Waals surface area contributed by atoms with Crippen molar-refractivity contribution in [2.45, 2.75) is 123 Å². The Morgan fingerprint density at radius 2 is 1.43 bits per heavy atom. The minimum atomic E-state index is -0.0351. The molecule has 0 N–H and O–H groups in total. The third-order valence-electron chi connectivity index (χ3n) is 5.60. The van der Waals surface area contributed by atoms with E-state index in [2.05, 4.69) is 50.1 Å². The van der Waals surface area contributed by atoms with E-state index >= 15 is 0 Å². The van der Waals surface area contributed by atoms with Gasteiger partial charge in [-0.3, -0.25) is 4.79 Å². The van der Waals surface area contributed by atoms with Crippen LogP contribution in [0.5, 0.6) is 0 Å². The van der Waals surface area contributed by atoms with Crippen LogP contribution in [0.2, 0.25) is 0 Å². The lowest BCUT2D eigenvalue weighted by molar-refractivity contribution is -0.148. The molecule has 0 saturated heterocycles. The fraction of sp³-hybridized carbons (Fsp3) is 0.815. The van der Waals surface area contributed by atoms with E-state index in [1.807, 2.05) is 6.92 Å². The molecule has 0 spiro atoms. The van der Waals surface area contributed by atoms with Crippen LogP contribution in [0.4, 0.5) is 0 Å². The average molecular weight is 422 g/mol. The maximum atomic E-state index is 11.8. The van der Waals surface area contributed by atoms with Crippen LogP contribution in [0.1, 0.15) is 117 Å². The van der Waals surface area contributed by atoms with Crippen LogP contribution in [-0.4, -0.2) is 37.1 Å². The molecule has 176 valence electrons. The molecular weight excluding hydrogens is 370 g/mol. The molecule has 3 heteroatoms. The van der Waals surface area contributed by atoms with E-state index in [0.29, 0.717) is 6.42 Å². The minimum absolute atomic E-state index is 0.0351. The van der Waals surface area contributed by atoms with Crippen LogP contribution in [0.3, 0.4) is 0 Å². The number of carbonyl (C=O) groups is 1. The number of esters is 1. The molecule has 0 aliphatic carbocycles. The molecule has 0 bridgehead atoms. The van der Waals surface area contributed by atoms with Crippen LogP contribution < -0.4 is 0 Å². The molecule has 0 fully saturated rings. The monoisotopic (exact) mass is 421 g/mol. The fourth-order valence-corrected chi connectivity index (χ4v) is 3.41. The van der Waals surface area contributed by atoms with Crippen molar-refractivity contribution < 1.29 is 9.53 Å². The van der Waals surface area contributed by atoms with E-state index in [-0.39, 0.29) is 12.1 Å². The van der Waals surface area contributed by atoms with Gasteiger partial charge < -0.3 is 9.64 Å². The largest absolute Gasteiger partial charge is 0.463 e. The summed E-state index contributed by atoms with van der Waals surface area (Å²) in [5.74, 6) is -0.0351. The highest BCUT2D eigenvalue weighted by Crippen LogP contribution is 2.12. The lowest BCUT2D eigenvalue weighted by Crippen LogP contribution is -2.21. The zero-order valence-electron chi connectivity index (χ0n) is 20.7.